The minimum absolute atomic E-state index is 0.112. The van der Waals surface area contributed by atoms with Crippen molar-refractivity contribution in [1.29, 1.82) is 0 Å². The van der Waals surface area contributed by atoms with Gasteiger partial charge in [0.2, 0.25) is 0 Å². The molecule has 18 heavy (non-hydrogen) atoms. The van der Waals surface area contributed by atoms with Crippen molar-refractivity contribution in [3.05, 3.63) is 35.4 Å². The molecule has 2 aliphatic rings. The lowest BCUT2D eigenvalue weighted by molar-refractivity contribution is 0.0425. The molecule has 2 heterocycles. The molecule has 2 saturated heterocycles. The molecule has 3 rings (SSSR count). The molecule has 2 fully saturated rings. The Morgan fingerprint density at radius 1 is 0.833 bits per heavy atom. The van der Waals surface area contributed by atoms with Crippen LogP contribution in [-0.4, -0.2) is 50.2 Å². The minimum Gasteiger partial charge on any atom is -0.358 e. The molecule has 0 spiro atoms. The topological polar surface area (TPSA) is 24.9 Å². The molecular formula is C14H20N2O2. The maximum absolute atomic E-state index is 5.72. The van der Waals surface area contributed by atoms with Gasteiger partial charge in [-0.2, -0.15) is 0 Å². The molecule has 0 N–H and O–H groups in total. The summed E-state index contributed by atoms with van der Waals surface area (Å²) >= 11 is 0. The monoisotopic (exact) mass is 248 g/mol. The van der Waals surface area contributed by atoms with Crippen molar-refractivity contribution in [1.82, 2.24) is 9.80 Å². The van der Waals surface area contributed by atoms with Gasteiger partial charge in [0.25, 0.3) is 0 Å². The highest BCUT2D eigenvalue weighted by Crippen LogP contribution is 2.29. The third-order valence-corrected chi connectivity index (χ3v) is 3.75. The first-order valence-corrected chi connectivity index (χ1v) is 6.49. The van der Waals surface area contributed by atoms with Gasteiger partial charge in [-0.25, -0.2) is 0 Å². The SMILES string of the molecule is CN1CCO[C@@H]1c1ccc([C@@H]2OCCN2C)cc1. The Bertz CT molecular complexity index is 368. The van der Waals surface area contributed by atoms with Crippen LogP contribution in [0, 0.1) is 0 Å². The van der Waals surface area contributed by atoms with Crippen molar-refractivity contribution in [2.75, 3.05) is 40.4 Å². The van der Waals surface area contributed by atoms with Crippen LogP contribution in [-0.2, 0) is 9.47 Å². The van der Waals surface area contributed by atoms with E-state index < -0.39 is 0 Å². The van der Waals surface area contributed by atoms with Gasteiger partial charge >= 0.3 is 0 Å². The summed E-state index contributed by atoms with van der Waals surface area (Å²) in [7, 11) is 4.19. The molecule has 0 radical (unpaired) electrons. The van der Waals surface area contributed by atoms with Crippen molar-refractivity contribution < 1.29 is 9.47 Å². The predicted octanol–water partition coefficient (Wildman–Crippen LogP) is 1.61. The van der Waals surface area contributed by atoms with E-state index in [2.05, 4.69) is 48.2 Å². The average molecular weight is 248 g/mol. The molecule has 2 aliphatic heterocycles. The second-order valence-electron chi connectivity index (χ2n) is 5.07. The fraction of sp³-hybridized carbons (Fsp3) is 0.571. The normalized spacial score (nSPS) is 30.1. The van der Waals surface area contributed by atoms with E-state index in [1.807, 2.05) is 0 Å². The van der Waals surface area contributed by atoms with E-state index >= 15 is 0 Å². The second kappa shape index (κ2) is 4.97. The highest BCUT2D eigenvalue weighted by molar-refractivity contribution is 5.26. The van der Waals surface area contributed by atoms with Crippen molar-refractivity contribution in [3.63, 3.8) is 0 Å². The molecule has 0 amide bonds. The summed E-state index contributed by atoms with van der Waals surface area (Å²) in [5, 5.41) is 0. The largest absolute Gasteiger partial charge is 0.358 e. The third kappa shape index (κ3) is 2.17. The first kappa shape index (κ1) is 12.1. The standard InChI is InChI=1S/C14H20N2O2/c1-15-7-9-17-13(15)11-3-5-12(6-4-11)14-16(2)8-10-18-14/h3-6,13-14H,7-10H2,1-2H3/t13-,14+. The van der Waals surface area contributed by atoms with Crippen LogP contribution < -0.4 is 0 Å². The Morgan fingerprint density at radius 3 is 1.50 bits per heavy atom. The van der Waals surface area contributed by atoms with Crippen molar-refractivity contribution in [2.45, 2.75) is 12.5 Å². The van der Waals surface area contributed by atoms with E-state index in [1.54, 1.807) is 0 Å². The van der Waals surface area contributed by atoms with Gasteiger partial charge in [0.15, 0.2) is 0 Å². The number of benzene rings is 1. The van der Waals surface area contributed by atoms with Crippen molar-refractivity contribution >= 4 is 0 Å². The average Bonchev–Trinajstić information content (AvgIpc) is 2.98. The lowest BCUT2D eigenvalue weighted by atomic mass is 10.1. The van der Waals surface area contributed by atoms with Gasteiger partial charge in [0.1, 0.15) is 12.5 Å². The summed E-state index contributed by atoms with van der Waals surface area (Å²) in [4.78, 5) is 4.46. The first-order valence-electron chi connectivity index (χ1n) is 6.49. The van der Waals surface area contributed by atoms with E-state index in [9.17, 15) is 0 Å². The summed E-state index contributed by atoms with van der Waals surface area (Å²) in [5.41, 5.74) is 2.44. The molecular weight excluding hydrogens is 228 g/mol. The Labute approximate surface area is 108 Å². The summed E-state index contributed by atoms with van der Waals surface area (Å²) in [6, 6.07) is 8.60. The maximum atomic E-state index is 5.72. The van der Waals surface area contributed by atoms with E-state index in [-0.39, 0.29) is 12.5 Å². The quantitative estimate of drug-likeness (QED) is 0.794. The highest BCUT2D eigenvalue weighted by Gasteiger charge is 2.25. The molecule has 0 saturated carbocycles. The van der Waals surface area contributed by atoms with E-state index in [1.165, 1.54) is 11.1 Å². The van der Waals surface area contributed by atoms with E-state index in [0.717, 1.165) is 26.3 Å². The number of ether oxygens (including phenoxy) is 2. The number of rotatable bonds is 2. The molecule has 1 aromatic rings. The van der Waals surface area contributed by atoms with Gasteiger partial charge in [-0.1, -0.05) is 24.3 Å². The minimum atomic E-state index is 0.112. The lowest BCUT2D eigenvalue weighted by Gasteiger charge is -2.21. The first-order chi connectivity index (χ1) is 8.75. The fourth-order valence-electron chi connectivity index (χ4n) is 2.63. The summed E-state index contributed by atoms with van der Waals surface area (Å²) in [6.45, 7) is 3.64. The maximum Gasteiger partial charge on any atom is 0.136 e. The zero-order valence-corrected chi connectivity index (χ0v) is 11.0. The van der Waals surface area contributed by atoms with Gasteiger partial charge in [-0.05, 0) is 25.2 Å². The van der Waals surface area contributed by atoms with E-state index in [4.69, 9.17) is 9.47 Å². The number of likely N-dealkylation sites (N-methyl/N-ethyl adjacent to an activating group) is 2. The van der Waals surface area contributed by atoms with Gasteiger partial charge in [-0.15, -0.1) is 0 Å². The Hall–Kier alpha value is -0.940. The molecule has 4 heteroatoms. The van der Waals surface area contributed by atoms with E-state index in [0.29, 0.717) is 0 Å². The van der Waals surface area contributed by atoms with Crippen LogP contribution >= 0.6 is 0 Å². The van der Waals surface area contributed by atoms with Gasteiger partial charge in [0.05, 0.1) is 13.2 Å². The van der Waals surface area contributed by atoms with Crippen LogP contribution in [0.3, 0.4) is 0 Å². The third-order valence-electron chi connectivity index (χ3n) is 3.75. The molecule has 0 unspecified atom stereocenters. The Morgan fingerprint density at radius 2 is 1.22 bits per heavy atom. The van der Waals surface area contributed by atoms with Crippen molar-refractivity contribution in [2.24, 2.45) is 0 Å². The summed E-state index contributed by atoms with van der Waals surface area (Å²) < 4.78 is 11.4. The zero-order valence-electron chi connectivity index (χ0n) is 11.0. The smallest absolute Gasteiger partial charge is 0.136 e. The molecule has 0 aromatic heterocycles. The van der Waals surface area contributed by atoms with Crippen molar-refractivity contribution in [3.8, 4) is 0 Å². The number of nitrogens with zero attached hydrogens (tertiary/aromatic N) is 2. The highest BCUT2D eigenvalue weighted by atomic mass is 16.5. The second-order valence-corrected chi connectivity index (χ2v) is 5.07. The molecule has 1 aromatic carbocycles. The van der Waals surface area contributed by atoms with Gasteiger partial charge in [-0.3, -0.25) is 9.80 Å². The van der Waals surface area contributed by atoms with Gasteiger partial charge in [0, 0.05) is 13.1 Å². The molecule has 0 aliphatic carbocycles. The fourth-order valence-corrected chi connectivity index (χ4v) is 2.63. The molecule has 98 valence electrons. The lowest BCUT2D eigenvalue weighted by Crippen LogP contribution is -2.19. The molecule has 0 bridgehead atoms. The Kier molecular flexibility index (Phi) is 3.35. The van der Waals surface area contributed by atoms with Crippen LogP contribution in [0.2, 0.25) is 0 Å². The summed E-state index contributed by atoms with van der Waals surface area (Å²) in [6.07, 6.45) is 0.225. The molecule has 2 atom stereocenters. The van der Waals surface area contributed by atoms with Gasteiger partial charge < -0.3 is 9.47 Å². The predicted molar refractivity (Wildman–Crippen MR) is 69.1 cm³/mol. The number of hydrogen-bond acceptors (Lipinski definition) is 4. The van der Waals surface area contributed by atoms with Crippen LogP contribution in [0.15, 0.2) is 24.3 Å². The van der Waals surface area contributed by atoms with Crippen LogP contribution in [0.5, 0.6) is 0 Å². The number of hydrogen-bond donors (Lipinski definition) is 0. The zero-order chi connectivity index (χ0) is 12.5. The van der Waals surface area contributed by atoms with Crippen LogP contribution in [0.1, 0.15) is 23.6 Å². The summed E-state index contributed by atoms with van der Waals surface area (Å²) in [5.74, 6) is 0. The van der Waals surface area contributed by atoms with Crippen LogP contribution in [0.4, 0.5) is 0 Å². The Balaban J connectivity index is 1.76. The molecule has 4 nitrogen and oxygen atoms in total. The van der Waals surface area contributed by atoms with Crippen LogP contribution in [0.25, 0.3) is 0 Å².